The van der Waals surface area contributed by atoms with Crippen molar-refractivity contribution in [2.75, 3.05) is 13.4 Å². The molecule has 0 aliphatic rings. The molecule has 78 valence electrons. The summed E-state index contributed by atoms with van der Waals surface area (Å²) in [5.74, 6) is -1.20. The lowest BCUT2D eigenvalue weighted by atomic mass is 10.3. The van der Waals surface area contributed by atoms with E-state index in [1.807, 2.05) is 0 Å². The van der Waals surface area contributed by atoms with Gasteiger partial charge in [0.1, 0.15) is 9.77 Å². The largest absolute Gasteiger partial charge is 0.487 e. The molecule has 0 amide bonds. The van der Waals surface area contributed by atoms with E-state index in [1.165, 1.54) is 7.11 Å². The molecule has 14 heavy (non-hydrogen) atoms. The molecule has 0 aliphatic carbocycles. The van der Waals surface area contributed by atoms with Crippen LogP contribution in [0.25, 0.3) is 0 Å². The van der Waals surface area contributed by atoms with Gasteiger partial charge in [-0.05, 0) is 6.07 Å². The third-order valence-electron chi connectivity index (χ3n) is 1.46. The van der Waals surface area contributed by atoms with Crippen molar-refractivity contribution in [1.29, 1.82) is 0 Å². The average Bonchev–Trinajstić information content (AvgIpc) is 2.45. The van der Waals surface area contributed by atoms with Crippen LogP contribution < -0.4 is 4.74 Å². The van der Waals surface area contributed by atoms with E-state index in [4.69, 9.17) is 9.84 Å². The van der Waals surface area contributed by atoms with Crippen molar-refractivity contribution in [3.63, 3.8) is 0 Å². The summed E-state index contributed by atoms with van der Waals surface area (Å²) in [6, 6.07) is 1.10. The van der Waals surface area contributed by atoms with Gasteiger partial charge in [-0.25, -0.2) is 13.2 Å². The molecule has 1 rings (SSSR count). The van der Waals surface area contributed by atoms with Crippen LogP contribution in [-0.2, 0) is 9.84 Å². The number of hydrogen-bond donors (Lipinski definition) is 1. The molecule has 7 heteroatoms. The fourth-order valence-electron chi connectivity index (χ4n) is 0.836. The van der Waals surface area contributed by atoms with Gasteiger partial charge in [0.2, 0.25) is 0 Å². The van der Waals surface area contributed by atoms with E-state index in [-0.39, 0.29) is 14.8 Å². The molecule has 0 aromatic carbocycles. The van der Waals surface area contributed by atoms with Gasteiger partial charge in [-0.15, -0.1) is 0 Å². The minimum absolute atomic E-state index is 0.00764. The molecule has 1 aromatic heterocycles. The summed E-state index contributed by atoms with van der Waals surface area (Å²) >= 11 is 0.804. The average molecular weight is 236 g/mol. The Labute approximate surface area is 84.9 Å². The van der Waals surface area contributed by atoms with Crippen LogP contribution in [0.15, 0.2) is 10.3 Å². The first-order valence-corrected chi connectivity index (χ1v) is 6.18. The molecule has 0 fully saturated rings. The fraction of sp³-hybridized carbons (Fsp3) is 0.286. The van der Waals surface area contributed by atoms with Crippen LogP contribution in [0, 0.1) is 0 Å². The predicted octanol–water partition coefficient (Wildman–Crippen LogP) is 0.858. The highest BCUT2D eigenvalue weighted by molar-refractivity contribution is 7.92. The van der Waals surface area contributed by atoms with Gasteiger partial charge in [0.05, 0.1) is 7.11 Å². The van der Waals surface area contributed by atoms with Crippen molar-refractivity contribution >= 4 is 27.1 Å². The smallest absolute Gasteiger partial charge is 0.340 e. The Morgan fingerprint density at radius 1 is 1.57 bits per heavy atom. The maximum absolute atomic E-state index is 11.1. The Morgan fingerprint density at radius 3 is 2.43 bits per heavy atom. The summed E-state index contributed by atoms with van der Waals surface area (Å²) in [4.78, 5) is 10.7. The van der Waals surface area contributed by atoms with E-state index in [2.05, 4.69) is 0 Å². The van der Waals surface area contributed by atoms with Crippen molar-refractivity contribution in [1.82, 2.24) is 0 Å². The van der Waals surface area contributed by atoms with Crippen LogP contribution in [0.1, 0.15) is 10.4 Å². The first-order chi connectivity index (χ1) is 6.36. The number of carbonyl (C=O) groups is 1. The molecule has 0 atom stereocenters. The molecular weight excluding hydrogens is 228 g/mol. The standard InChI is InChI=1S/C7H8O5S2/c1-12-7-4(6(8)9)3-5(13-7)14(2,10)11/h3H,1-2H3,(H,8,9). The Bertz CT molecular complexity index is 456. The summed E-state index contributed by atoms with van der Waals surface area (Å²) < 4.78 is 26.9. The van der Waals surface area contributed by atoms with Gasteiger partial charge in [0, 0.05) is 6.26 Å². The van der Waals surface area contributed by atoms with Gasteiger partial charge in [0.15, 0.2) is 14.9 Å². The number of aromatic carboxylic acids is 1. The van der Waals surface area contributed by atoms with Crippen LogP contribution in [0.5, 0.6) is 5.06 Å². The van der Waals surface area contributed by atoms with E-state index in [1.54, 1.807) is 0 Å². The topological polar surface area (TPSA) is 80.7 Å². The molecule has 0 radical (unpaired) electrons. The van der Waals surface area contributed by atoms with Crippen molar-refractivity contribution in [2.45, 2.75) is 4.21 Å². The van der Waals surface area contributed by atoms with Gasteiger partial charge in [-0.1, -0.05) is 11.3 Å². The molecule has 0 aliphatic heterocycles. The maximum atomic E-state index is 11.1. The molecule has 0 bridgehead atoms. The SMILES string of the molecule is COc1sc(S(C)(=O)=O)cc1C(=O)O. The highest BCUT2D eigenvalue weighted by atomic mass is 32.2. The zero-order valence-electron chi connectivity index (χ0n) is 7.47. The van der Waals surface area contributed by atoms with Crippen LogP contribution in [0.4, 0.5) is 0 Å². The molecule has 0 saturated heterocycles. The van der Waals surface area contributed by atoms with Crippen LogP contribution in [-0.4, -0.2) is 32.9 Å². The number of ether oxygens (including phenoxy) is 1. The van der Waals surface area contributed by atoms with Gasteiger partial charge >= 0.3 is 5.97 Å². The molecule has 1 aromatic rings. The number of thiophene rings is 1. The Balaban J connectivity index is 3.34. The zero-order chi connectivity index (χ0) is 10.9. The Hall–Kier alpha value is -1.08. The number of methoxy groups -OCH3 is 1. The molecule has 1 heterocycles. The van der Waals surface area contributed by atoms with Crippen LogP contribution in [0.2, 0.25) is 0 Å². The highest BCUT2D eigenvalue weighted by Gasteiger charge is 2.20. The molecule has 0 unspecified atom stereocenters. The predicted molar refractivity (Wildman–Crippen MR) is 50.9 cm³/mol. The van der Waals surface area contributed by atoms with E-state index in [0.717, 1.165) is 23.7 Å². The van der Waals surface area contributed by atoms with Crippen molar-refractivity contribution in [2.24, 2.45) is 0 Å². The molecule has 5 nitrogen and oxygen atoms in total. The van der Waals surface area contributed by atoms with Gasteiger partial charge in [-0.3, -0.25) is 0 Å². The summed E-state index contributed by atoms with van der Waals surface area (Å²) in [7, 11) is -2.08. The maximum Gasteiger partial charge on any atom is 0.340 e. The molecule has 0 saturated carbocycles. The van der Waals surface area contributed by atoms with E-state index < -0.39 is 15.8 Å². The monoisotopic (exact) mass is 236 g/mol. The second-order valence-corrected chi connectivity index (χ2v) is 5.81. The third-order valence-corrected chi connectivity index (χ3v) is 4.35. The van der Waals surface area contributed by atoms with Gasteiger partial charge in [0.25, 0.3) is 0 Å². The van der Waals surface area contributed by atoms with E-state index in [0.29, 0.717) is 0 Å². The zero-order valence-corrected chi connectivity index (χ0v) is 9.11. The third kappa shape index (κ3) is 2.05. The molecule has 1 N–H and O–H groups in total. The Morgan fingerprint density at radius 2 is 2.14 bits per heavy atom. The number of hydrogen-bond acceptors (Lipinski definition) is 5. The molecular formula is C7H8O5S2. The lowest BCUT2D eigenvalue weighted by Crippen LogP contribution is -1.97. The quantitative estimate of drug-likeness (QED) is 0.841. The lowest BCUT2D eigenvalue weighted by Gasteiger charge is -1.94. The second kappa shape index (κ2) is 3.58. The highest BCUT2D eigenvalue weighted by Crippen LogP contribution is 2.32. The first-order valence-electron chi connectivity index (χ1n) is 3.47. The summed E-state index contributed by atoms with van der Waals surface area (Å²) in [6.45, 7) is 0. The number of carboxylic acids is 1. The van der Waals surface area contributed by atoms with E-state index in [9.17, 15) is 13.2 Å². The minimum atomic E-state index is -3.37. The normalized spacial score (nSPS) is 11.3. The van der Waals surface area contributed by atoms with Crippen molar-refractivity contribution in [3.05, 3.63) is 11.6 Å². The fourth-order valence-corrected chi connectivity index (χ4v) is 2.70. The van der Waals surface area contributed by atoms with Gasteiger partial charge in [-0.2, -0.15) is 0 Å². The first kappa shape index (κ1) is 11.0. The number of sulfone groups is 1. The minimum Gasteiger partial charge on any atom is -0.487 e. The van der Waals surface area contributed by atoms with Gasteiger partial charge < -0.3 is 9.84 Å². The van der Waals surface area contributed by atoms with E-state index >= 15 is 0 Å². The molecule has 0 spiro atoms. The lowest BCUT2D eigenvalue weighted by molar-refractivity contribution is 0.0694. The Kier molecular flexibility index (Phi) is 2.81. The summed E-state index contributed by atoms with van der Waals surface area (Å²) in [5, 5.41) is 8.80. The van der Waals surface area contributed by atoms with Crippen molar-refractivity contribution in [3.8, 4) is 5.06 Å². The summed E-state index contributed by atoms with van der Waals surface area (Å²) in [6.07, 6.45) is 1.02. The summed E-state index contributed by atoms with van der Waals surface area (Å²) in [5.41, 5.74) is -0.127. The van der Waals surface area contributed by atoms with Crippen LogP contribution >= 0.6 is 11.3 Å². The number of rotatable bonds is 3. The number of carboxylic acid groups (broad SMARTS) is 1. The second-order valence-electron chi connectivity index (χ2n) is 2.55. The van der Waals surface area contributed by atoms with Crippen molar-refractivity contribution < 1.29 is 23.1 Å². The van der Waals surface area contributed by atoms with Crippen LogP contribution in [0.3, 0.4) is 0 Å².